The molecule has 0 heterocycles. The van der Waals surface area contributed by atoms with Crippen molar-refractivity contribution in [1.82, 2.24) is 0 Å². The van der Waals surface area contributed by atoms with Gasteiger partial charge in [0.1, 0.15) is 5.75 Å². The number of esters is 1. The van der Waals surface area contributed by atoms with Gasteiger partial charge < -0.3 is 9.47 Å². The average molecular weight is 346 g/mol. The molecule has 0 spiro atoms. The highest BCUT2D eigenvalue weighted by molar-refractivity contribution is 14.1. The molecule has 0 amide bonds. The molecule has 0 bridgehead atoms. The second-order valence-electron chi connectivity index (χ2n) is 4.16. The van der Waals surface area contributed by atoms with Gasteiger partial charge in [-0.05, 0) is 59.5 Å². The maximum atomic E-state index is 11.0. The summed E-state index contributed by atoms with van der Waals surface area (Å²) < 4.78 is 11.5. The Bertz CT molecular complexity index is 413. The number of benzene rings is 1. The largest absolute Gasteiger partial charge is 0.489 e. The molecule has 1 aromatic rings. The number of rotatable bonds is 5. The summed E-state index contributed by atoms with van der Waals surface area (Å²) in [5, 5.41) is 0. The minimum absolute atomic E-state index is 0.168. The molecule has 2 rings (SSSR count). The van der Waals surface area contributed by atoms with Gasteiger partial charge in [0.25, 0.3) is 0 Å². The molecule has 0 aliphatic heterocycles. The van der Waals surface area contributed by atoms with Crippen molar-refractivity contribution in [1.29, 1.82) is 0 Å². The van der Waals surface area contributed by atoms with Crippen LogP contribution in [0.5, 0.6) is 5.75 Å². The van der Waals surface area contributed by atoms with Crippen molar-refractivity contribution in [3.63, 3.8) is 0 Å². The zero-order valence-electron chi connectivity index (χ0n) is 9.74. The van der Waals surface area contributed by atoms with Gasteiger partial charge >= 0.3 is 5.97 Å². The molecule has 0 aromatic heterocycles. The van der Waals surface area contributed by atoms with Crippen LogP contribution in [0.2, 0.25) is 0 Å². The Morgan fingerprint density at radius 2 is 2.24 bits per heavy atom. The van der Waals surface area contributed by atoms with Crippen LogP contribution >= 0.6 is 22.6 Å². The number of aryl methyl sites for hydroxylation is 1. The van der Waals surface area contributed by atoms with Gasteiger partial charge in [0.15, 0.2) is 0 Å². The van der Waals surface area contributed by atoms with Gasteiger partial charge in [-0.15, -0.1) is 0 Å². The molecule has 1 fully saturated rings. The first-order valence-corrected chi connectivity index (χ1v) is 6.79. The van der Waals surface area contributed by atoms with E-state index in [0.717, 1.165) is 14.9 Å². The molecule has 92 valence electrons. The van der Waals surface area contributed by atoms with Crippen LogP contribution in [0.4, 0.5) is 0 Å². The molecular weight excluding hydrogens is 331 g/mol. The highest BCUT2D eigenvalue weighted by Crippen LogP contribution is 2.30. The molecule has 0 atom stereocenters. The number of hydrogen-bond donors (Lipinski definition) is 0. The van der Waals surface area contributed by atoms with Gasteiger partial charge in [-0.2, -0.15) is 0 Å². The van der Waals surface area contributed by atoms with E-state index in [1.54, 1.807) is 0 Å². The zero-order chi connectivity index (χ0) is 12.3. The van der Waals surface area contributed by atoms with Crippen molar-refractivity contribution in [2.75, 3.05) is 7.11 Å². The third kappa shape index (κ3) is 3.87. The minimum atomic E-state index is -0.168. The summed E-state index contributed by atoms with van der Waals surface area (Å²) in [6.45, 7) is 0. The van der Waals surface area contributed by atoms with Gasteiger partial charge in [0.2, 0.25) is 0 Å². The molecule has 17 heavy (non-hydrogen) atoms. The number of carbonyl (C=O) groups is 1. The number of ether oxygens (including phenoxy) is 2. The fraction of sp³-hybridized carbons (Fsp3) is 0.462. The first-order valence-electron chi connectivity index (χ1n) is 5.71. The Hall–Kier alpha value is -0.780. The van der Waals surface area contributed by atoms with E-state index in [1.807, 2.05) is 12.1 Å². The van der Waals surface area contributed by atoms with E-state index < -0.39 is 0 Å². The molecule has 0 N–H and O–H groups in total. The molecule has 4 heteroatoms. The first-order chi connectivity index (χ1) is 8.19. The van der Waals surface area contributed by atoms with Crippen molar-refractivity contribution >= 4 is 28.6 Å². The molecule has 0 unspecified atom stereocenters. The summed E-state index contributed by atoms with van der Waals surface area (Å²) in [6, 6.07) is 6.08. The fourth-order valence-electron chi connectivity index (χ4n) is 1.51. The van der Waals surface area contributed by atoms with Crippen molar-refractivity contribution < 1.29 is 14.3 Å². The first kappa shape index (κ1) is 12.7. The van der Waals surface area contributed by atoms with Crippen LogP contribution in [0.25, 0.3) is 0 Å². The van der Waals surface area contributed by atoms with E-state index in [-0.39, 0.29) is 5.97 Å². The van der Waals surface area contributed by atoms with Crippen molar-refractivity contribution in [3.8, 4) is 5.75 Å². The van der Waals surface area contributed by atoms with Crippen LogP contribution in [0.1, 0.15) is 24.8 Å². The zero-order valence-corrected chi connectivity index (χ0v) is 11.9. The molecule has 1 aliphatic carbocycles. The average Bonchev–Trinajstić information content (AvgIpc) is 3.13. The third-order valence-electron chi connectivity index (χ3n) is 2.66. The number of carbonyl (C=O) groups excluding carboxylic acids is 1. The van der Waals surface area contributed by atoms with E-state index in [0.29, 0.717) is 18.9 Å². The maximum absolute atomic E-state index is 11.0. The summed E-state index contributed by atoms with van der Waals surface area (Å²) in [7, 11) is 1.42. The van der Waals surface area contributed by atoms with E-state index in [9.17, 15) is 4.79 Å². The molecule has 1 aromatic carbocycles. The van der Waals surface area contributed by atoms with Crippen LogP contribution in [0, 0.1) is 3.57 Å². The highest BCUT2D eigenvalue weighted by Gasteiger charge is 2.24. The monoisotopic (exact) mass is 346 g/mol. The van der Waals surface area contributed by atoms with Gasteiger partial charge in [-0.3, -0.25) is 4.79 Å². The summed E-state index contributed by atoms with van der Waals surface area (Å²) in [4.78, 5) is 11.0. The maximum Gasteiger partial charge on any atom is 0.305 e. The SMILES string of the molecule is COC(=O)CCc1ccc(OC2CC2)c(I)c1. The molecular formula is C13H15IO3. The van der Waals surface area contributed by atoms with Crippen molar-refractivity contribution in [2.24, 2.45) is 0 Å². The normalized spacial score (nSPS) is 14.5. The second-order valence-corrected chi connectivity index (χ2v) is 5.32. The van der Waals surface area contributed by atoms with Crippen LogP contribution in [0.15, 0.2) is 18.2 Å². The smallest absolute Gasteiger partial charge is 0.305 e. The molecule has 1 aliphatic rings. The van der Waals surface area contributed by atoms with Gasteiger partial charge in [-0.1, -0.05) is 6.07 Å². The summed E-state index contributed by atoms with van der Waals surface area (Å²) in [6.07, 6.45) is 3.90. The second kappa shape index (κ2) is 5.71. The third-order valence-corrected chi connectivity index (χ3v) is 3.50. The lowest BCUT2D eigenvalue weighted by Gasteiger charge is -2.08. The van der Waals surface area contributed by atoms with E-state index in [4.69, 9.17) is 4.74 Å². The number of halogens is 1. The lowest BCUT2D eigenvalue weighted by Crippen LogP contribution is -2.03. The molecule has 0 saturated heterocycles. The Morgan fingerprint density at radius 3 is 2.82 bits per heavy atom. The topological polar surface area (TPSA) is 35.5 Å². The van der Waals surface area contributed by atoms with Crippen LogP contribution in [-0.4, -0.2) is 19.2 Å². The van der Waals surface area contributed by atoms with Gasteiger partial charge in [0.05, 0.1) is 16.8 Å². The van der Waals surface area contributed by atoms with Gasteiger partial charge in [-0.25, -0.2) is 0 Å². The van der Waals surface area contributed by atoms with Crippen molar-refractivity contribution in [2.45, 2.75) is 31.8 Å². The molecule has 3 nitrogen and oxygen atoms in total. The quantitative estimate of drug-likeness (QED) is 0.608. The van der Waals surface area contributed by atoms with Crippen LogP contribution in [0.3, 0.4) is 0 Å². The minimum Gasteiger partial charge on any atom is -0.489 e. The fourth-order valence-corrected chi connectivity index (χ4v) is 2.22. The van der Waals surface area contributed by atoms with Crippen LogP contribution < -0.4 is 4.74 Å². The molecule has 1 saturated carbocycles. The lowest BCUT2D eigenvalue weighted by atomic mass is 10.1. The predicted octanol–water partition coefficient (Wildman–Crippen LogP) is 2.94. The predicted molar refractivity (Wildman–Crippen MR) is 73.1 cm³/mol. The Kier molecular flexibility index (Phi) is 4.25. The van der Waals surface area contributed by atoms with Crippen molar-refractivity contribution in [3.05, 3.63) is 27.3 Å². The standard InChI is InChI=1S/C13H15IO3/c1-16-13(15)7-3-9-2-6-12(11(14)8-9)17-10-4-5-10/h2,6,8,10H,3-5,7H2,1H3. The van der Waals surface area contributed by atoms with E-state index in [2.05, 4.69) is 33.4 Å². The Balaban J connectivity index is 1.94. The van der Waals surface area contributed by atoms with Crippen LogP contribution in [-0.2, 0) is 16.0 Å². The Morgan fingerprint density at radius 1 is 1.47 bits per heavy atom. The highest BCUT2D eigenvalue weighted by atomic mass is 127. The lowest BCUT2D eigenvalue weighted by molar-refractivity contribution is -0.140. The van der Waals surface area contributed by atoms with E-state index >= 15 is 0 Å². The summed E-state index contributed by atoms with van der Waals surface area (Å²) >= 11 is 2.27. The molecule has 0 radical (unpaired) electrons. The van der Waals surface area contributed by atoms with Gasteiger partial charge in [0, 0.05) is 6.42 Å². The summed E-state index contributed by atoms with van der Waals surface area (Å²) in [5.74, 6) is 0.785. The number of hydrogen-bond acceptors (Lipinski definition) is 3. The summed E-state index contributed by atoms with van der Waals surface area (Å²) in [5.41, 5.74) is 1.14. The number of methoxy groups -OCH3 is 1. The Labute approximate surface area is 115 Å². The van der Waals surface area contributed by atoms with E-state index in [1.165, 1.54) is 20.0 Å².